The second-order valence-corrected chi connectivity index (χ2v) is 5.76. The van der Waals surface area contributed by atoms with E-state index in [0.717, 1.165) is 19.6 Å². The lowest BCUT2D eigenvalue weighted by Gasteiger charge is -2.39. The molecule has 1 N–H and O–H groups in total. The number of nitrogens with zero attached hydrogens (tertiary/aromatic N) is 2. The molecule has 2 rings (SSSR count). The van der Waals surface area contributed by atoms with E-state index in [1.54, 1.807) is 0 Å². The van der Waals surface area contributed by atoms with E-state index < -0.39 is 11.4 Å². The van der Waals surface area contributed by atoms with Crippen molar-refractivity contribution in [3.8, 4) is 0 Å². The maximum absolute atomic E-state index is 11.1. The third kappa shape index (κ3) is 2.38. The van der Waals surface area contributed by atoms with Crippen molar-refractivity contribution in [3.05, 3.63) is 0 Å². The zero-order valence-electron chi connectivity index (χ0n) is 10.3. The Morgan fingerprint density at radius 1 is 1.38 bits per heavy atom. The molecule has 2 aliphatic heterocycles. The Labute approximate surface area is 97.2 Å². The number of hydrogen-bond acceptors (Lipinski definition) is 3. The highest BCUT2D eigenvalue weighted by Gasteiger charge is 2.35. The van der Waals surface area contributed by atoms with Crippen LogP contribution in [-0.4, -0.2) is 59.6 Å². The van der Waals surface area contributed by atoms with Gasteiger partial charge in [-0.05, 0) is 33.2 Å². The molecule has 2 heterocycles. The van der Waals surface area contributed by atoms with Gasteiger partial charge in [-0.3, -0.25) is 14.6 Å². The van der Waals surface area contributed by atoms with E-state index in [-0.39, 0.29) is 0 Å². The molecule has 4 heteroatoms. The Balaban J connectivity index is 1.90. The highest BCUT2D eigenvalue weighted by molar-refractivity contribution is 5.73. The SMILES string of the molecule is CC(C)(CN1CCN2CCCC2C1)C(=O)O. The molecule has 0 spiro atoms. The molecule has 4 nitrogen and oxygen atoms in total. The number of carboxylic acid groups (broad SMARTS) is 1. The van der Waals surface area contributed by atoms with Gasteiger partial charge in [0.05, 0.1) is 5.41 Å². The molecule has 0 aromatic carbocycles. The van der Waals surface area contributed by atoms with E-state index in [0.29, 0.717) is 12.6 Å². The quantitative estimate of drug-likeness (QED) is 0.776. The van der Waals surface area contributed by atoms with Crippen LogP contribution in [0.5, 0.6) is 0 Å². The Bertz CT molecular complexity index is 278. The maximum atomic E-state index is 11.1. The molecule has 0 aliphatic carbocycles. The van der Waals surface area contributed by atoms with Crippen molar-refractivity contribution in [2.45, 2.75) is 32.7 Å². The first kappa shape index (κ1) is 11.9. The summed E-state index contributed by atoms with van der Waals surface area (Å²) in [4.78, 5) is 16.0. The minimum absolute atomic E-state index is 0.624. The van der Waals surface area contributed by atoms with Gasteiger partial charge in [0.2, 0.25) is 0 Å². The monoisotopic (exact) mass is 226 g/mol. The largest absolute Gasteiger partial charge is 0.481 e. The molecule has 16 heavy (non-hydrogen) atoms. The van der Waals surface area contributed by atoms with Crippen molar-refractivity contribution in [3.63, 3.8) is 0 Å². The molecule has 0 amide bonds. The molecule has 0 bridgehead atoms. The average Bonchev–Trinajstić information content (AvgIpc) is 2.63. The Morgan fingerprint density at radius 3 is 2.81 bits per heavy atom. The number of fused-ring (bicyclic) bond motifs is 1. The Hall–Kier alpha value is -0.610. The molecule has 2 aliphatic rings. The smallest absolute Gasteiger partial charge is 0.310 e. The van der Waals surface area contributed by atoms with Gasteiger partial charge in [0.1, 0.15) is 0 Å². The van der Waals surface area contributed by atoms with Crippen molar-refractivity contribution in [1.82, 2.24) is 9.80 Å². The minimum Gasteiger partial charge on any atom is -0.481 e. The fraction of sp³-hybridized carbons (Fsp3) is 0.917. The van der Waals surface area contributed by atoms with Gasteiger partial charge >= 0.3 is 5.97 Å². The van der Waals surface area contributed by atoms with Crippen LogP contribution >= 0.6 is 0 Å². The predicted octanol–water partition coefficient (Wildman–Crippen LogP) is 0.877. The lowest BCUT2D eigenvalue weighted by Crippen LogP contribution is -2.53. The van der Waals surface area contributed by atoms with E-state index >= 15 is 0 Å². The summed E-state index contributed by atoms with van der Waals surface area (Å²) in [5, 5.41) is 9.12. The van der Waals surface area contributed by atoms with Gasteiger partial charge in [0.15, 0.2) is 0 Å². The van der Waals surface area contributed by atoms with E-state index in [2.05, 4.69) is 9.80 Å². The lowest BCUT2D eigenvalue weighted by atomic mass is 9.92. The van der Waals surface area contributed by atoms with Gasteiger partial charge in [-0.25, -0.2) is 0 Å². The second-order valence-electron chi connectivity index (χ2n) is 5.76. The van der Waals surface area contributed by atoms with E-state index in [1.807, 2.05) is 13.8 Å². The van der Waals surface area contributed by atoms with Crippen molar-refractivity contribution >= 4 is 5.97 Å². The Kier molecular flexibility index (Phi) is 3.22. The van der Waals surface area contributed by atoms with Gasteiger partial charge in [-0.15, -0.1) is 0 Å². The van der Waals surface area contributed by atoms with E-state index in [9.17, 15) is 4.79 Å². The number of piperazine rings is 1. The van der Waals surface area contributed by atoms with Crippen LogP contribution in [0.1, 0.15) is 26.7 Å². The number of hydrogen-bond donors (Lipinski definition) is 1. The highest BCUT2D eigenvalue weighted by atomic mass is 16.4. The van der Waals surface area contributed by atoms with Gasteiger partial charge in [-0.2, -0.15) is 0 Å². The summed E-state index contributed by atoms with van der Waals surface area (Å²) >= 11 is 0. The molecule has 1 unspecified atom stereocenters. The summed E-state index contributed by atoms with van der Waals surface area (Å²) in [6.45, 7) is 8.73. The van der Waals surface area contributed by atoms with Crippen LogP contribution in [0.3, 0.4) is 0 Å². The van der Waals surface area contributed by atoms with Crippen molar-refractivity contribution in [1.29, 1.82) is 0 Å². The predicted molar refractivity (Wildman–Crippen MR) is 62.5 cm³/mol. The minimum atomic E-state index is -0.693. The van der Waals surface area contributed by atoms with Gasteiger partial charge < -0.3 is 5.11 Å². The Morgan fingerprint density at radius 2 is 2.12 bits per heavy atom. The summed E-state index contributed by atoms with van der Waals surface area (Å²) < 4.78 is 0. The maximum Gasteiger partial charge on any atom is 0.310 e. The summed E-state index contributed by atoms with van der Waals surface area (Å²) in [5.41, 5.74) is -0.624. The fourth-order valence-electron chi connectivity index (χ4n) is 2.83. The first-order chi connectivity index (χ1) is 7.49. The third-order valence-electron chi connectivity index (χ3n) is 3.87. The molecule has 0 aromatic rings. The molecule has 92 valence electrons. The zero-order chi connectivity index (χ0) is 11.8. The standard InChI is InChI=1S/C12H22N2O2/c1-12(2,11(15)16)9-13-6-7-14-5-3-4-10(14)8-13/h10H,3-9H2,1-2H3,(H,15,16). The van der Waals surface area contributed by atoms with Gasteiger partial charge in [0, 0.05) is 32.2 Å². The first-order valence-electron chi connectivity index (χ1n) is 6.19. The third-order valence-corrected chi connectivity index (χ3v) is 3.87. The van der Waals surface area contributed by atoms with Crippen molar-refractivity contribution in [2.24, 2.45) is 5.41 Å². The molecule has 1 atom stereocenters. The summed E-state index contributed by atoms with van der Waals surface area (Å²) in [5.74, 6) is -0.693. The van der Waals surface area contributed by atoms with Crippen LogP contribution in [0, 0.1) is 5.41 Å². The van der Waals surface area contributed by atoms with Crippen LogP contribution < -0.4 is 0 Å². The number of carboxylic acids is 1. The second kappa shape index (κ2) is 4.34. The first-order valence-corrected chi connectivity index (χ1v) is 6.19. The molecule has 2 fully saturated rings. The summed E-state index contributed by atoms with van der Waals surface area (Å²) in [7, 11) is 0. The van der Waals surface area contributed by atoms with Gasteiger partial charge in [-0.1, -0.05) is 0 Å². The van der Waals surface area contributed by atoms with Crippen LogP contribution in [0.25, 0.3) is 0 Å². The van der Waals surface area contributed by atoms with E-state index in [1.165, 1.54) is 19.4 Å². The van der Waals surface area contributed by atoms with Crippen LogP contribution in [0.15, 0.2) is 0 Å². The molecule has 0 saturated carbocycles. The molecule has 0 radical (unpaired) electrons. The molecule has 2 saturated heterocycles. The summed E-state index contributed by atoms with van der Waals surface area (Å²) in [6, 6.07) is 0.679. The molecule has 0 aromatic heterocycles. The van der Waals surface area contributed by atoms with Gasteiger partial charge in [0.25, 0.3) is 0 Å². The van der Waals surface area contributed by atoms with E-state index in [4.69, 9.17) is 5.11 Å². The molecular weight excluding hydrogens is 204 g/mol. The van der Waals surface area contributed by atoms with Crippen LogP contribution in [0.4, 0.5) is 0 Å². The van der Waals surface area contributed by atoms with Crippen molar-refractivity contribution in [2.75, 3.05) is 32.7 Å². The van der Waals surface area contributed by atoms with Crippen LogP contribution in [0.2, 0.25) is 0 Å². The topological polar surface area (TPSA) is 43.8 Å². The fourth-order valence-corrected chi connectivity index (χ4v) is 2.83. The highest BCUT2D eigenvalue weighted by Crippen LogP contribution is 2.24. The van der Waals surface area contributed by atoms with Crippen LogP contribution in [-0.2, 0) is 4.79 Å². The normalized spacial score (nSPS) is 28.0. The zero-order valence-corrected chi connectivity index (χ0v) is 10.3. The number of carbonyl (C=O) groups is 1. The average molecular weight is 226 g/mol. The lowest BCUT2D eigenvalue weighted by molar-refractivity contribution is -0.148. The molecular formula is C12H22N2O2. The van der Waals surface area contributed by atoms with Crippen molar-refractivity contribution < 1.29 is 9.90 Å². The summed E-state index contributed by atoms with van der Waals surface area (Å²) in [6.07, 6.45) is 2.59. The number of aliphatic carboxylic acids is 1. The number of rotatable bonds is 3.